The Kier molecular flexibility index (Phi) is 8.80. The molecular formula is C22H30O5S. The molecule has 2 aromatic rings. The number of phenolic OH excluding ortho intramolecular Hbond substituents is 1. The SMILES string of the molecule is CCCCCCCCCCc1cc(O)cc(Oc2ccccc2S(=O)(=O)O)c1. The first kappa shape index (κ1) is 22.2. The monoisotopic (exact) mass is 406 g/mol. The van der Waals surface area contributed by atoms with Crippen LogP contribution in [0.25, 0.3) is 0 Å². The quantitative estimate of drug-likeness (QED) is 0.328. The maximum Gasteiger partial charge on any atom is 0.298 e. The maximum absolute atomic E-state index is 11.5. The van der Waals surface area contributed by atoms with Crippen LogP contribution in [-0.4, -0.2) is 18.1 Å². The molecule has 2 rings (SSSR count). The summed E-state index contributed by atoms with van der Waals surface area (Å²) < 4.78 is 38.0. The number of rotatable bonds is 12. The molecule has 2 aromatic carbocycles. The minimum Gasteiger partial charge on any atom is -0.508 e. The molecule has 2 N–H and O–H groups in total. The van der Waals surface area contributed by atoms with Crippen molar-refractivity contribution in [3.63, 3.8) is 0 Å². The molecule has 0 aromatic heterocycles. The van der Waals surface area contributed by atoms with E-state index in [1.54, 1.807) is 18.2 Å². The Bertz CT molecular complexity index is 846. The lowest BCUT2D eigenvalue weighted by Gasteiger charge is -2.11. The first-order valence-corrected chi connectivity index (χ1v) is 11.4. The fourth-order valence-electron chi connectivity index (χ4n) is 3.18. The summed E-state index contributed by atoms with van der Waals surface area (Å²) >= 11 is 0. The van der Waals surface area contributed by atoms with Gasteiger partial charge in [0.1, 0.15) is 22.1 Å². The normalized spacial score (nSPS) is 11.5. The molecule has 0 amide bonds. The first-order chi connectivity index (χ1) is 13.4. The van der Waals surface area contributed by atoms with E-state index >= 15 is 0 Å². The minimum atomic E-state index is -4.39. The van der Waals surface area contributed by atoms with Gasteiger partial charge in [0, 0.05) is 6.07 Å². The number of aryl methyl sites for hydroxylation is 1. The van der Waals surface area contributed by atoms with Gasteiger partial charge in [0.15, 0.2) is 0 Å². The van der Waals surface area contributed by atoms with Gasteiger partial charge >= 0.3 is 0 Å². The molecule has 0 unspecified atom stereocenters. The van der Waals surface area contributed by atoms with Crippen molar-refractivity contribution < 1.29 is 22.8 Å². The third kappa shape index (κ3) is 7.52. The van der Waals surface area contributed by atoms with Crippen molar-refractivity contribution in [2.24, 2.45) is 0 Å². The number of unbranched alkanes of at least 4 members (excludes halogenated alkanes) is 7. The maximum atomic E-state index is 11.5. The summed E-state index contributed by atoms with van der Waals surface area (Å²) in [7, 11) is -4.39. The minimum absolute atomic E-state index is 0.0219. The van der Waals surface area contributed by atoms with Gasteiger partial charge in [0.25, 0.3) is 10.1 Å². The Balaban J connectivity index is 1.93. The summed E-state index contributed by atoms with van der Waals surface area (Å²) in [4.78, 5) is -0.303. The van der Waals surface area contributed by atoms with Crippen molar-refractivity contribution in [3.05, 3.63) is 48.0 Å². The van der Waals surface area contributed by atoms with E-state index in [2.05, 4.69) is 6.92 Å². The van der Waals surface area contributed by atoms with Gasteiger partial charge in [-0.1, -0.05) is 64.0 Å². The third-order valence-corrected chi connectivity index (χ3v) is 5.52. The van der Waals surface area contributed by atoms with E-state index in [9.17, 15) is 18.1 Å². The molecule has 154 valence electrons. The topological polar surface area (TPSA) is 83.8 Å². The van der Waals surface area contributed by atoms with E-state index in [4.69, 9.17) is 4.74 Å². The Morgan fingerprint density at radius 2 is 1.54 bits per heavy atom. The van der Waals surface area contributed by atoms with Gasteiger partial charge in [-0.15, -0.1) is 0 Å². The van der Waals surface area contributed by atoms with Crippen molar-refractivity contribution in [2.45, 2.75) is 69.6 Å². The van der Waals surface area contributed by atoms with Crippen molar-refractivity contribution in [2.75, 3.05) is 0 Å². The fourth-order valence-corrected chi connectivity index (χ4v) is 3.80. The van der Waals surface area contributed by atoms with Crippen LogP contribution in [0.4, 0.5) is 0 Å². The van der Waals surface area contributed by atoms with Crippen LogP contribution in [0.1, 0.15) is 63.9 Å². The van der Waals surface area contributed by atoms with Gasteiger partial charge in [0.2, 0.25) is 0 Å². The second-order valence-corrected chi connectivity index (χ2v) is 8.47. The summed E-state index contributed by atoms with van der Waals surface area (Å²) in [6, 6.07) is 10.8. The number of benzene rings is 2. The largest absolute Gasteiger partial charge is 0.508 e. The first-order valence-electron chi connectivity index (χ1n) is 9.97. The van der Waals surface area contributed by atoms with Crippen LogP contribution < -0.4 is 4.74 Å². The molecule has 5 nitrogen and oxygen atoms in total. The molecule has 0 aliphatic heterocycles. The lowest BCUT2D eigenvalue weighted by Crippen LogP contribution is -2.01. The Labute approximate surface area is 168 Å². The molecule has 0 aliphatic carbocycles. The summed E-state index contributed by atoms with van der Waals surface area (Å²) in [5, 5.41) is 9.98. The van der Waals surface area contributed by atoms with Gasteiger partial charge in [-0.05, 0) is 42.7 Å². The van der Waals surface area contributed by atoms with Gasteiger partial charge in [-0.3, -0.25) is 4.55 Å². The van der Waals surface area contributed by atoms with Crippen LogP contribution in [0.3, 0.4) is 0 Å². The van der Waals surface area contributed by atoms with Gasteiger partial charge < -0.3 is 9.84 Å². The van der Waals surface area contributed by atoms with Crippen molar-refractivity contribution in [1.29, 1.82) is 0 Å². The standard InChI is InChI=1S/C22H30O5S/c1-2-3-4-5-6-7-8-9-12-18-15-19(23)17-20(16-18)27-21-13-10-11-14-22(21)28(24,25)26/h10-11,13-17,23H,2-9,12H2,1H3,(H,24,25,26). The molecule has 0 aliphatic rings. The highest BCUT2D eigenvalue weighted by atomic mass is 32.2. The number of hydrogen-bond acceptors (Lipinski definition) is 4. The average Bonchev–Trinajstić information content (AvgIpc) is 2.63. The zero-order valence-corrected chi connectivity index (χ0v) is 17.2. The number of hydrogen-bond donors (Lipinski definition) is 2. The summed E-state index contributed by atoms with van der Waals surface area (Å²) in [5.74, 6) is 0.427. The summed E-state index contributed by atoms with van der Waals surface area (Å²) in [6.07, 6.45) is 10.7. The highest BCUT2D eigenvalue weighted by Crippen LogP contribution is 2.31. The zero-order valence-electron chi connectivity index (χ0n) is 16.4. The lowest BCUT2D eigenvalue weighted by molar-refractivity contribution is 0.439. The van der Waals surface area contributed by atoms with Crippen LogP contribution in [-0.2, 0) is 16.5 Å². The molecular weight excluding hydrogens is 376 g/mol. The number of aromatic hydroxyl groups is 1. The smallest absolute Gasteiger partial charge is 0.298 e. The Morgan fingerprint density at radius 1 is 0.893 bits per heavy atom. The number of ether oxygens (including phenoxy) is 1. The third-order valence-electron chi connectivity index (χ3n) is 4.62. The molecule has 0 heterocycles. The molecule has 0 bridgehead atoms. The van der Waals surface area contributed by atoms with E-state index in [1.165, 1.54) is 62.8 Å². The van der Waals surface area contributed by atoms with E-state index < -0.39 is 10.1 Å². The number of phenols is 1. The fraction of sp³-hybridized carbons (Fsp3) is 0.455. The average molecular weight is 407 g/mol. The molecule has 0 radical (unpaired) electrons. The predicted molar refractivity (Wildman–Crippen MR) is 111 cm³/mol. The van der Waals surface area contributed by atoms with Crippen molar-refractivity contribution in [3.8, 4) is 17.2 Å². The molecule has 0 fully saturated rings. The van der Waals surface area contributed by atoms with E-state index in [0.717, 1.165) is 24.8 Å². The van der Waals surface area contributed by atoms with Crippen molar-refractivity contribution in [1.82, 2.24) is 0 Å². The van der Waals surface area contributed by atoms with E-state index in [0.29, 0.717) is 5.75 Å². The molecule has 0 saturated carbocycles. The second-order valence-electron chi connectivity index (χ2n) is 7.08. The van der Waals surface area contributed by atoms with Gasteiger partial charge in [-0.2, -0.15) is 8.42 Å². The van der Waals surface area contributed by atoms with Gasteiger partial charge in [-0.25, -0.2) is 0 Å². The molecule has 0 saturated heterocycles. The van der Waals surface area contributed by atoms with Crippen molar-refractivity contribution >= 4 is 10.1 Å². The van der Waals surface area contributed by atoms with Crippen LogP contribution >= 0.6 is 0 Å². The van der Waals surface area contributed by atoms with Crippen LogP contribution in [0, 0.1) is 0 Å². The predicted octanol–water partition coefficient (Wildman–Crippen LogP) is 6.11. The Morgan fingerprint density at radius 3 is 2.21 bits per heavy atom. The van der Waals surface area contributed by atoms with E-state index in [-0.39, 0.29) is 16.4 Å². The molecule has 0 spiro atoms. The zero-order chi connectivity index (χ0) is 20.4. The second kappa shape index (κ2) is 11.1. The van der Waals surface area contributed by atoms with Crippen LogP contribution in [0.5, 0.6) is 17.2 Å². The highest BCUT2D eigenvalue weighted by molar-refractivity contribution is 7.86. The highest BCUT2D eigenvalue weighted by Gasteiger charge is 2.16. The summed E-state index contributed by atoms with van der Waals surface area (Å²) in [5.41, 5.74) is 0.935. The molecule has 6 heteroatoms. The van der Waals surface area contributed by atoms with Crippen LogP contribution in [0.2, 0.25) is 0 Å². The lowest BCUT2D eigenvalue weighted by atomic mass is 10.0. The van der Waals surface area contributed by atoms with Crippen LogP contribution in [0.15, 0.2) is 47.4 Å². The molecule has 28 heavy (non-hydrogen) atoms. The number of para-hydroxylation sites is 1. The molecule has 0 atom stereocenters. The van der Waals surface area contributed by atoms with E-state index in [1.807, 2.05) is 0 Å². The summed E-state index contributed by atoms with van der Waals surface area (Å²) in [6.45, 7) is 2.22. The van der Waals surface area contributed by atoms with Gasteiger partial charge in [0.05, 0.1) is 0 Å². The Hall–Kier alpha value is -2.05.